The zero-order chi connectivity index (χ0) is 10.6. The summed E-state index contributed by atoms with van der Waals surface area (Å²) in [6, 6.07) is 0. The summed E-state index contributed by atoms with van der Waals surface area (Å²) in [5.41, 5.74) is 4.96. The van der Waals surface area contributed by atoms with Crippen molar-refractivity contribution in [2.75, 3.05) is 19.6 Å². The molecule has 0 radical (unpaired) electrons. The second-order valence-electron chi connectivity index (χ2n) is 3.75. The predicted octanol–water partition coefficient (Wildman–Crippen LogP) is -1.17. The Hall–Kier alpha value is -1.10. The van der Waals surface area contributed by atoms with Crippen LogP contribution in [0.25, 0.3) is 0 Å². The van der Waals surface area contributed by atoms with E-state index < -0.39 is 0 Å². The quantitative estimate of drug-likeness (QED) is 0.533. The normalized spacial score (nSPS) is 26.1. The number of carbonyl (C=O) groups is 2. The van der Waals surface area contributed by atoms with E-state index in [9.17, 15) is 9.59 Å². The number of hydrogen-bond donors (Lipinski definition) is 3. The third-order valence-electron chi connectivity index (χ3n) is 2.52. The van der Waals surface area contributed by atoms with Gasteiger partial charge in [0.1, 0.15) is 0 Å². The van der Waals surface area contributed by atoms with Gasteiger partial charge in [0.15, 0.2) is 0 Å². The molecule has 1 aliphatic heterocycles. The van der Waals surface area contributed by atoms with E-state index in [1.807, 2.05) is 6.92 Å². The monoisotopic (exact) mass is 199 g/mol. The molecule has 1 saturated heterocycles. The third kappa shape index (κ3) is 2.99. The van der Waals surface area contributed by atoms with Gasteiger partial charge < -0.3 is 16.4 Å². The van der Waals surface area contributed by atoms with E-state index in [4.69, 9.17) is 5.73 Å². The molecule has 0 saturated carbocycles. The van der Waals surface area contributed by atoms with Gasteiger partial charge in [-0.3, -0.25) is 9.59 Å². The molecule has 1 aliphatic rings. The average molecular weight is 199 g/mol. The molecule has 2 atom stereocenters. The van der Waals surface area contributed by atoms with Crippen molar-refractivity contribution in [3.63, 3.8) is 0 Å². The standard InChI is InChI=1S/C9H17N3O2/c1-6-4-11-5-7(6)9(14)12-3-2-8(10)13/h6-7,11H,2-5H2,1H3,(H2,10,13)(H,12,14)/t6-,7-/m1/s1. The fourth-order valence-electron chi connectivity index (χ4n) is 1.60. The molecule has 5 nitrogen and oxygen atoms in total. The zero-order valence-electron chi connectivity index (χ0n) is 8.38. The van der Waals surface area contributed by atoms with Gasteiger partial charge in [-0.05, 0) is 12.5 Å². The van der Waals surface area contributed by atoms with Gasteiger partial charge in [-0.25, -0.2) is 0 Å². The van der Waals surface area contributed by atoms with E-state index in [1.54, 1.807) is 0 Å². The van der Waals surface area contributed by atoms with Crippen molar-refractivity contribution in [2.45, 2.75) is 13.3 Å². The Morgan fingerprint density at radius 1 is 1.50 bits per heavy atom. The molecular formula is C9H17N3O2. The smallest absolute Gasteiger partial charge is 0.224 e. The first-order chi connectivity index (χ1) is 6.61. The van der Waals surface area contributed by atoms with E-state index in [-0.39, 0.29) is 24.2 Å². The maximum atomic E-state index is 11.5. The Kier molecular flexibility index (Phi) is 3.88. The van der Waals surface area contributed by atoms with Crippen LogP contribution in [-0.4, -0.2) is 31.4 Å². The summed E-state index contributed by atoms with van der Waals surface area (Å²) in [7, 11) is 0. The first kappa shape index (κ1) is 11.0. The van der Waals surface area contributed by atoms with Crippen LogP contribution in [0, 0.1) is 11.8 Å². The lowest BCUT2D eigenvalue weighted by Gasteiger charge is -2.13. The summed E-state index contributed by atoms with van der Waals surface area (Å²) in [4.78, 5) is 22.0. The molecule has 0 aliphatic carbocycles. The average Bonchev–Trinajstić information content (AvgIpc) is 2.50. The van der Waals surface area contributed by atoms with Crippen LogP contribution in [0.4, 0.5) is 0 Å². The molecule has 1 fully saturated rings. The van der Waals surface area contributed by atoms with Gasteiger partial charge in [0.25, 0.3) is 0 Å². The van der Waals surface area contributed by atoms with Crippen molar-refractivity contribution in [1.29, 1.82) is 0 Å². The second kappa shape index (κ2) is 4.95. The number of nitrogens with one attached hydrogen (secondary N) is 2. The maximum absolute atomic E-state index is 11.5. The highest BCUT2D eigenvalue weighted by atomic mass is 16.2. The Labute approximate surface area is 83.4 Å². The van der Waals surface area contributed by atoms with E-state index in [1.165, 1.54) is 0 Å². The number of primary amides is 1. The molecule has 0 aromatic heterocycles. The topological polar surface area (TPSA) is 84.2 Å². The van der Waals surface area contributed by atoms with Gasteiger partial charge in [0.2, 0.25) is 11.8 Å². The predicted molar refractivity (Wildman–Crippen MR) is 52.3 cm³/mol. The molecule has 0 spiro atoms. The van der Waals surface area contributed by atoms with Gasteiger partial charge >= 0.3 is 0 Å². The van der Waals surface area contributed by atoms with E-state index >= 15 is 0 Å². The molecule has 1 heterocycles. The van der Waals surface area contributed by atoms with E-state index in [0.717, 1.165) is 13.1 Å². The van der Waals surface area contributed by atoms with Crippen LogP contribution >= 0.6 is 0 Å². The Balaban J connectivity index is 2.24. The minimum absolute atomic E-state index is 0.0174. The van der Waals surface area contributed by atoms with Gasteiger partial charge in [0, 0.05) is 19.5 Å². The highest BCUT2D eigenvalue weighted by molar-refractivity contribution is 5.80. The van der Waals surface area contributed by atoms with Crippen molar-refractivity contribution < 1.29 is 9.59 Å². The van der Waals surface area contributed by atoms with Crippen LogP contribution in [0.1, 0.15) is 13.3 Å². The van der Waals surface area contributed by atoms with Crippen molar-refractivity contribution >= 4 is 11.8 Å². The molecule has 2 amide bonds. The molecule has 1 rings (SSSR count). The van der Waals surface area contributed by atoms with Crippen LogP contribution < -0.4 is 16.4 Å². The first-order valence-corrected chi connectivity index (χ1v) is 4.88. The van der Waals surface area contributed by atoms with Crippen LogP contribution in [0.2, 0.25) is 0 Å². The van der Waals surface area contributed by atoms with Crippen LogP contribution in [0.15, 0.2) is 0 Å². The number of hydrogen-bond acceptors (Lipinski definition) is 3. The number of amides is 2. The summed E-state index contributed by atoms with van der Waals surface area (Å²) >= 11 is 0. The fourth-order valence-corrected chi connectivity index (χ4v) is 1.60. The molecular weight excluding hydrogens is 182 g/mol. The summed E-state index contributed by atoms with van der Waals surface area (Å²) < 4.78 is 0. The highest BCUT2D eigenvalue weighted by Gasteiger charge is 2.28. The SMILES string of the molecule is C[C@@H]1CNC[C@H]1C(=O)NCCC(N)=O. The van der Waals surface area contributed by atoms with Crippen LogP contribution in [0.3, 0.4) is 0 Å². The molecule has 0 aromatic rings. The Bertz CT molecular complexity index is 230. The molecule has 4 N–H and O–H groups in total. The Morgan fingerprint density at radius 2 is 2.21 bits per heavy atom. The first-order valence-electron chi connectivity index (χ1n) is 4.88. The lowest BCUT2D eigenvalue weighted by molar-refractivity contribution is -0.125. The molecule has 14 heavy (non-hydrogen) atoms. The fraction of sp³-hybridized carbons (Fsp3) is 0.778. The summed E-state index contributed by atoms with van der Waals surface area (Å²) in [5, 5.41) is 5.86. The maximum Gasteiger partial charge on any atom is 0.224 e. The lowest BCUT2D eigenvalue weighted by atomic mass is 9.97. The van der Waals surface area contributed by atoms with Gasteiger partial charge in [0.05, 0.1) is 5.92 Å². The van der Waals surface area contributed by atoms with E-state index in [2.05, 4.69) is 10.6 Å². The van der Waals surface area contributed by atoms with Crippen molar-refractivity contribution in [3.05, 3.63) is 0 Å². The third-order valence-corrected chi connectivity index (χ3v) is 2.52. The zero-order valence-corrected chi connectivity index (χ0v) is 8.38. The Morgan fingerprint density at radius 3 is 2.71 bits per heavy atom. The van der Waals surface area contributed by atoms with Crippen molar-refractivity contribution in [3.8, 4) is 0 Å². The minimum atomic E-state index is -0.386. The minimum Gasteiger partial charge on any atom is -0.370 e. The summed E-state index contributed by atoms with van der Waals surface area (Å²) in [6.45, 7) is 3.99. The lowest BCUT2D eigenvalue weighted by Crippen LogP contribution is -2.36. The van der Waals surface area contributed by atoms with Crippen molar-refractivity contribution in [2.24, 2.45) is 17.6 Å². The van der Waals surface area contributed by atoms with Crippen LogP contribution in [-0.2, 0) is 9.59 Å². The largest absolute Gasteiger partial charge is 0.370 e. The molecule has 0 unspecified atom stereocenters. The highest BCUT2D eigenvalue weighted by Crippen LogP contribution is 2.15. The van der Waals surface area contributed by atoms with Gasteiger partial charge in [-0.15, -0.1) is 0 Å². The number of nitrogens with two attached hydrogens (primary N) is 1. The van der Waals surface area contributed by atoms with Crippen molar-refractivity contribution in [1.82, 2.24) is 10.6 Å². The summed E-state index contributed by atoms with van der Waals surface area (Å²) in [6.07, 6.45) is 0.209. The second-order valence-corrected chi connectivity index (χ2v) is 3.75. The summed E-state index contributed by atoms with van der Waals surface area (Å²) in [5.74, 6) is 0.0260. The van der Waals surface area contributed by atoms with E-state index in [0.29, 0.717) is 12.5 Å². The number of rotatable bonds is 4. The van der Waals surface area contributed by atoms with Gasteiger partial charge in [-0.2, -0.15) is 0 Å². The molecule has 80 valence electrons. The van der Waals surface area contributed by atoms with Crippen LogP contribution in [0.5, 0.6) is 0 Å². The molecule has 0 bridgehead atoms. The van der Waals surface area contributed by atoms with Gasteiger partial charge in [-0.1, -0.05) is 6.92 Å². The number of carbonyl (C=O) groups excluding carboxylic acids is 2. The molecule has 5 heteroatoms. The molecule has 0 aromatic carbocycles.